The lowest BCUT2D eigenvalue weighted by molar-refractivity contribution is -0.870. The summed E-state index contributed by atoms with van der Waals surface area (Å²) in [6.07, 6.45) is 77.2. The van der Waals surface area contributed by atoms with Gasteiger partial charge in [0.05, 0.1) is 40.3 Å². The van der Waals surface area contributed by atoms with E-state index in [9.17, 15) is 19.5 Å². The number of quaternary nitrogens is 1. The largest absolute Gasteiger partial charge is 0.545 e. The number of carboxylic acid groups (broad SMARTS) is 1. The highest BCUT2D eigenvalue weighted by atomic mass is 16.7. The van der Waals surface area contributed by atoms with Gasteiger partial charge < -0.3 is 33.3 Å². The van der Waals surface area contributed by atoms with Gasteiger partial charge in [0.2, 0.25) is 0 Å². The van der Waals surface area contributed by atoms with Crippen molar-refractivity contribution in [2.75, 3.05) is 47.5 Å². The first-order valence-electron chi connectivity index (χ1n) is 31.0. The van der Waals surface area contributed by atoms with E-state index >= 15 is 0 Å². The van der Waals surface area contributed by atoms with E-state index in [2.05, 4.69) is 123 Å². The molecule has 9 nitrogen and oxygen atoms in total. The Kier molecular flexibility index (Phi) is 55.1. The van der Waals surface area contributed by atoms with Crippen LogP contribution in [0, 0.1) is 0 Å². The highest BCUT2D eigenvalue weighted by Gasteiger charge is 2.22. The molecule has 0 aliphatic heterocycles. The first-order chi connectivity index (χ1) is 37.6. The quantitative estimate of drug-likeness (QED) is 0.0195. The standard InChI is InChI=1S/C68H115NO8/c1-6-8-10-12-14-16-18-20-22-24-26-28-30-32-33-35-37-39-41-43-45-47-49-51-53-55-57-59-66(71)77-64(63-76-68(67(72)73)74-61-60-69(3,4)5)62-75-65(70)58-56-54-52-50-48-46-44-42-40-38-36-34-31-29-27-25-23-21-19-17-15-13-11-9-7-2/h8,10,14,16,20,22,25-28,32-33,37,39,43,45,49,51,64,68H,6-7,9,11-13,15,17-19,21,23-24,29-31,34-36,38,40-42,44,46-48,50,52-63H2,1-5H3/b10-8-,16-14-,22-20-,27-25-,28-26-,33-32-,39-37-,45-43-,51-49-. The van der Waals surface area contributed by atoms with Crippen molar-refractivity contribution in [3.8, 4) is 0 Å². The van der Waals surface area contributed by atoms with Crippen molar-refractivity contribution in [2.24, 2.45) is 0 Å². The highest BCUT2D eigenvalue weighted by molar-refractivity contribution is 5.70. The summed E-state index contributed by atoms with van der Waals surface area (Å²) in [7, 11) is 5.90. The lowest BCUT2D eigenvalue weighted by Gasteiger charge is -2.26. The number of aliphatic carboxylic acids is 1. The van der Waals surface area contributed by atoms with Crippen LogP contribution >= 0.6 is 0 Å². The van der Waals surface area contributed by atoms with E-state index in [1.54, 1.807) is 0 Å². The van der Waals surface area contributed by atoms with Crippen molar-refractivity contribution >= 4 is 17.9 Å². The summed E-state index contributed by atoms with van der Waals surface area (Å²) in [5.41, 5.74) is 0. The first-order valence-corrected chi connectivity index (χ1v) is 31.0. The number of esters is 2. The third-order valence-corrected chi connectivity index (χ3v) is 13.0. The van der Waals surface area contributed by atoms with E-state index in [1.807, 2.05) is 21.1 Å². The van der Waals surface area contributed by atoms with E-state index in [4.69, 9.17) is 18.9 Å². The van der Waals surface area contributed by atoms with Crippen molar-refractivity contribution in [3.05, 3.63) is 109 Å². The van der Waals surface area contributed by atoms with Crippen LogP contribution in [0.5, 0.6) is 0 Å². The normalized spacial score (nSPS) is 13.5. The topological polar surface area (TPSA) is 111 Å². The maximum atomic E-state index is 12.9. The number of carbonyl (C=O) groups is 3. The van der Waals surface area contributed by atoms with Gasteiger partial charge in [0.15, 0.2) is 12.4 Å². The molecule has 0 saturated carbocycles. The van der Waals surface area contributed by atoms with Gasteiger partial charge in [-0.15, -0.1) is 0 Å². The summed E-state index contributed by atoms with van der Waals surface area (Å²) >= 11 is 0. The molecule has 0 bridgehead atoms. The summed E-state index contributed by atoms with van der Waals surface area (Å²) < 4.78 is 22.7. The number of likely N-dealkylation sites (N-methyl/N-ethyl adjacent to an activating group) is 1. The third kappa shape index (κ3) is 59.5. The molecule has 2 atom stereocenters. The van der Waals surface area contributed by atoms with Crippen LogP contribution < -0.4 is 5.11 Å². The van der Waals surface area contributed by atoms with E-state index < -0.39 is 24.3 Å². The zero-order valence-corrected chi connectivity index (χ0v) is 50.0. The molecule has 0 aliphatic carbocycles. The molecule has 0 aromatic rings. The van der Waals surface area contributed by atoms with Crippen molar-refractivity contribution < 1.29 is 42.9 Å². The van der Waals surface area contributed by atoms with E-state index in [1.165, 1.54) is 128 Å². The van der Waals surface area contributed by atoms with Crippen molar-refractivity contribution in [3.63, 3.8) is 0 Å². The highest BCUT2D eigenvalue weighted by Crippen LogP contribution is 2.15. The zero-order chi connectivity index (χ0) is 56.2. The van der Waals surface area contributed by atoms with Gasteiger partial charge in [-0.3, -0.25) is 9.59 Å². The molecule has 77 heavy (non-hydrogen) atoms. The minimum atomic E-state index is -1.64. The van der Waals surface area contributed by atoms with E-state index in [0.717, 1.165) is 83.5 Å². The van der Waals surface area contributed by atoms with Crippen LogP contribution in [0.4, 0.5) is 0 Å². The second kappa shape index (κ2) is 58.1. The van der Waals surface area contributed by atoms with Crippen molar-refractivity contribution in [2.45, 2.75) is 257 Å². The fourth-order valence-corrected chi connectivity index (χ4v) is 8.25. The third-order valence-electron chi connectivity index (χ3n) is 13.0. The molecular weight excluding hydrogens is 959 g/mol. The number of unbranched alkanes of at least 4 members (excludes halogenated alkanes) is 23. The summed E-state index contributed by atoms with van der Waals surface area (Å²) in [6, 6.07) is 0. The molecule has 0 heterocycles. The number of rotatable bonds is 56. The number of carbonyl (C=O) groups excluding carboxylic acids is 3. The Morgan fingerprint density at radius 2 is 0.740 bits per heavy atom. The summed E-state index contributed by atoms with van der Waals surface area (Å²) in [5, 5.41) is 11.8. The Balaban J connectivity index is 4.32. The number of hydrogen-bond donors (Lipinski definition) is 0. The minimum Gasteiger partial charge on any atom is -0.545 e. The fraction of sp³-hybridized carbons (Fsp3) is 0.691. The summed E-state index contributed by atoms with van der Waals surface area (Å²) in [5.74, 6) is -2.35. The molecule has 0 radical (unpaired) electrons. The van der Waals surface area contributed by atoms with Crippen molar-refractivity contribution in [1.82, 2.24) is 0 Å². The average molecular weight is 1070 g/mol. The van der Waals surface area contributed by atoms with Crippen LogP contribution in [0.1, 0.15) is 245 Å². The van der Waals surface area contributed by atoms with Crippen LogP contribution in [0.15, 0.2) is 109 Å². The Morgan fingerprint density at radius 1 is 0.403 bits per heavy atom. The van der Waals surface area contributed by atoms with E-state index in [0.29, 0.717) is 17.4 Å². The van der Waals surface area contributed by atoms with Crippen LogP contribution in [-0.4, -0.2) is 82.3 Å². The monoisotopic (exact) mass is 1070 g/mol. The van der Waals surface area contributed by atoms with Crippen LogP contribution in [0.2, 0.25) is 0 Å². The summed E-state index contributed by atoms with van der Waals surface area (Å²) in [6.45, 7) is 4.59. The second-order valence-electron chi connectivity index (χ2n) is 21.6. The zero-order valence-electron chi connectivity index (χ0n) is 50.0. The Labute approximate surface area is 473 Å². The van der Waals surface area contributed by atoms with Gasteiger partial charge in [-0.1, -0.05) is 239 Å². The molecule has 0 aromatic heterocycles. The van der Waals surface area contributed by atoms with Gasteiger partial charge in [-0.05, 0) is 103 Å². The maximum absolute atomic E-state index is 12.9. The maximum Gasteiger partial charge on any atom is 0.306 e. The number of nitrogens with zero attached hydrogens (tertiary/aromatic N) is 1. The molecule has 0 spiro atoms. The molecule has 0 saturated heterocycles. The molecule has 440 valence electrons. The van der Waals surface area contributed by atoms with Gasteiger partial charge in [0.25, 0.3) is 0 Å². The minimum absolute atomic E-state index is 0.134. The van der Waals surface area contributed by atoms with Gasteiger partial charge in [-0.25, -0.2) is 0 Å². The van der Waals surface area contributed by atoms with Crippen LogP contribution in [-0.2, 0) is 33.3 Å². The van der Waals surface area contributed by atoms with Crippen LogP contribution in [0.3, 0.4) is 0 Å². The summed E-state index contributed by atoms with van der Waals surface area (Å²) in [4.78, 5) is 37.4. The molecule has 0 N–H and O–H groups in total. The Morgan fingerprint density at radius 3 is 1.14 bits per heavy atom. The lowest BCUT2D eigenvalue weighted by atomic mass is 10.0. The first kappa shape index (κ1) is 73.0. The van der Waals surface area contributed by atoms with Gasteiger partial charge >= 0.3 is 11.9 Å². The van der Waals surface area contributed by atoms with Gasteiger partial charge in [-0.2, -0.15) is 0 Å². The number of allylic oxidation sites excluding steroid dienone is 18. The molecule has 9 heteroatoms. The smallest absolute Gasteiger partial charge is 0.306 e. The molecule has 0 fully saturated rings. The molecular formula is C68H115NO8. The molecule has 0 aromatic carbocycles. The van der Waals surface area contributed by atoms with E-state index in [-0.39, 0.29) is 38.6 Å². The predicted octanol–water partition coefficient (Wildman–Crippen LogP) is 17.3. The Hall–Kier alpha value is -4.05. The van der Waals surface area contributed by atoms with Crippen LogP contribution in [0.25, 0.3) is 0 Å². The fourth-order valence-electron chi connectivity index (χ4n) is 8.25. The molecule has 0 rings (SSSR count). The number of carboxylic acids is 1. The van der Waals surface area contributed by atoms with Gasteiger partial charge in [0, 0.05) is 12.8 Å². The second-order valence-corrected chi connectivity index (χ2v) is 21.6. The SMILES string of the molecule is CC/C=C\C/C=C\C/C=C\C/C=C\C/C=C\C/C=C\C/C=C\C/C=C\CCCCC(=O)OC(COC(=O)CCCCCCCCCCCCCCC/C=C\CCCCCCCCCC)COC(OCC[N+](C)(C)C)C(=O)[O-]. The molecule has 0 aliphatic rings. The number of hydrogen-bond acceptors (Lipinski definition) is 8. The average Bonchev–Trinajstić information content (AvgIpc) is 3.40. The predicted molar refractivity (Wildman–Crippen MR) is 324 cm³/mol. The van der Waals surface area contributed by atoms with Gasteiger partial charge in [0.1, 0.15) is 13.2 Å². The number of ether oxygens (including phenoxy) is 4. The lowest BCUT2D eigenvalue weighted by Crippen LogP contribution is -2.44. The van der Waals surface area contributed by atoms with Crippen molar-refractivity contribution in [1.29, 1.82) is 0 Å². The molecule has 2 unspecified atom stereocenters. The Bertz CT molecular complexity index is 1630. The molecule has 0 amide bonds.